The molecule has 2 fully saturated rings. The molecule has 1 N–H and O–H groups in total. The Kier molecular flexibility index (Phi) is 2.96. The molecule has 1 nitrogen and oxygen atoms in total. The van der Waals surface area contributed by atoms with Gasteiger partial charge in [0.2, 0.25) is 0 Å². The van der Waals surface area contributed by atoms with Crippen molar-refractivity contribution in [1.29, 1.82) is 0 Å². The van der Waals surface area contributed by atoms with E-state index in [1.165, 1.54) is 45.1 Å². The van der Waals surface area contributed by atoms with E-state index in [1.807, 2.05) is 0 Å². The first-order chi connectivity index (χ1) is 8.33. The molecule has 0 amide bonds. The average molecular weight is 229 g/mol. The fraction of sp³-hybridized carbons (Fsp3) is 0.625. The maximum atomic E-state index is 3.75. The summed E-state index contributed by atoms with van der Waals surface area (Å²) in [6.45, 7) is 3.54. The molecule has 0 spiro atoms. The van der Waals surface area contributed by atoms with Gasteiger partial charge in [0.15, 0.2) is 0 Å². The van der Waals surface area contributed by atoms with Crippen molar-refractivity contribution in [3.05, 3.63) is 35.4 Å². The predicted molar refractivity (Wildman–Crippen MR) is 72.4 cm³/mol. The van der Waals surface area contributed by atoms with Crippen LogP contribution in [0, 0.1) is 0 Å². The summed E-state index contributed by atoms with van der Waals surface area (Å²) in [6.07, 6.45) is 8.00. The molecule has 1 aliphatic carbocycles. The van der Waals surface area contributed by atoms with Gasteiger partial charge in [-0.1, -0.05) is 31.2 Å². The molecule has 1 aromatic rings. The predicted octanol–water partition coefficient (Wildman–Crippen LogP) is 3.64. The van der Waals surface area contributed by atoms with E-state index < -0.39 is 0 Å². The van der Waals surface area contributed by atoms with Crippen molar-refractivity contribution >= 4 is 0 Å². The highest BCUT2D eigenvalue weighted by Crippen LogP contribution is 2.42. The van der Waals surface area contributed by atoms with Crippen molar-refractivity contribution in [1.82, 2.24) is 5.32 Å². The lowest BCUT2D eigenvalue weighted by Crippen LogP contribution is -2.41. The van der Waals surface area contributed by atoms with Crippen LogP contribution in [0.2, 0.25) is 0 Å². The molecule has 1 atom stereocenters. The highest BCUT2D eigenvalue weighted by atomic mass is 15.0. The lowest BCUT2D eigenvalue weighted by Gasteiger charge is -2.29. The normalized spacial score (nSPS) is 28.5. The van der Waals surface area contributed by atoms with Gasteiger partial charge in [0.05, 0.1) is 0 Å². The molecule has 1 heterocycles. The molecule has 0 radical (unpaired) electrons. The Bertz CT molecular complexity index is 386. The number of benzene rings is 1. The minimum Gasteiger partial charge on any atom is -0.311 e. The highest BCUT2D eigenvalue weighted by molar-refractivity contribution is 5.34. The Morgan fingerprint density at radius 3 is 2.76 bits per heavy atom. The lowest BCUT2D eigenvalue weighted by atomic mass is 9.84. The van der Waals surface area contributed by atoms with Crippen LogP contribution in [0.15, 0.2) is 24.3 Å². The summed E-state index contributed by atoms with van der Waals surface area (Å²) in [6, 6.07) is 9.12. The Balaban J connectivity index is 1.84. The topological polar surface area (TPSA) is 12.0 Å². The van der Waals surface area contributed by atoms with E-state index in [4.69, 9.17) is 0 Å². The first-order valence-electron chi connectivity index (χ1n) is 7.16. The monoisotopic (exact) mass is 229 g/mol. The summed E-state index contributed by atoms with van der Waals surface area (Å²) >= 11 is 0. The molecule has 1 aromatic carbocycles. The van der Waals surface area contributed by atoms with Crippen molar-refractivity contribution in [2.75, 3.05) is 6.54 Å². The van der Waals surface area contributed by atoms with Crippen LogP contribution in [0.5, 0.6) is 0 Å². The van der Waals surface area contributed by atoms with Crippen LogP contribution in [-0.4, -0.2) is 12.1 Å². The van der Waals surface area contributed by atoms with Crippen molar-refractivity contribution in [2.45, 2.75) is 56.9 Å². The second-order valence-corrected chi connectivity index (χ2v) is 5.81. The van der Waals surface area contributed by atoms with Gasteiger partial charge in [0, 0.05) is 5.54 Å². The Morgan fingerprint density at radius 1 is 1.29 bits per heavy atom. The highest BCUT2D eigenvalue weighted by Gasteiger charge is 2.34. The molecule has 1 saturated carbocycles. The van der Waals surface area contributed by atoms with Crippen molar-refractivity contribution in [3.63, 3.8) is 0 Å². The molecular formula is C16H23N. The fourth-order valence-electron chi connectivity index (χ4n) is 3.30. The van der Waals surface area contributed by atoms with Crippen LogP contribution in [0.25, 0.3) is 0 Å². The maximum Gasteiger partial charge on any atom is 0.0219 e. The SMILES string of the molecule is CCC1(Cc2ccccc2C2CC2)CCCN1. The van der Waals surface area contributed by atoms with Gasteiger partial charge in [0.25, 0.3) is 0 Å². The molecule has 1 saturated heterocycles. The van der Waals surface area contributed by atoms with Crippen LogP contribution in [0.4, 0.5) is 0 Å². The Labute approximate surface area is 105 Å². The van der Waals surface area contributed by atoms with E-state index in [1.54, 1.807) is 11.1 Å². The minimum atomic E-state index is 0.394. The van der Waals surface area contributed by atoms with Crippen molar-refractivity contribution in [2.24, 2.45) is 0 Å². The van der Waals surface area contributed by atoms with Crippen LogP contribution in [0.3, 0.4) is 0 Å². The Morgan fingerprint density at radius 2 is 2.12 bits per heavy atom. The third kappa shape index (κ3) is 2.26. The standard InChI is InChI=1S/C16H23N/c1-2-16(10-5-11-17-16)12-14-6-3-4-7-15(14)13-8-9-13/h3-4,6-7,13,17H,2,5,8-12H2,1H3. The molecule has 1 unspecified atom stereocenters. The summed E-state index contributed by atoms with van der Waals surface area (Å²) in [5.74, 6) is 0.876. The zero-order chi connectivity index (χ0) is 11.7. The number of hydrogen-bond acceptors (Lipinski definition) is 1. The summed E-state index contributed by atoms with van der Waals surface area (Å²) < 4.78 is 0. The molecule has 92 valence electrons. The van der Waals surface area contributed by atoms with E-state index in [9.17, 15) is 0 Å². The first kappa shape index (κ1) is 11.3. The molecule has 1 heteroatoms. The largest absolute Gasteiger partial charge is 0.311 e. The number of rotatable bonds is 4. The zero-order valence-corrected chi connectivity index (χ0v) is 10.8. The summed E-state index contributed by atoms with van der Waals surface area (Å²) in [4.78, 5) is 0. The molecular weight excluding hydrogens is 206 g/mol. The first-order valence-corrected chi connectivity index (χ1v) is 7.16. The molecule has 3 rings (SSSR count). The summed E-state index contributed by atoms with van der Waals surface area (Å²) in [7, 11) is 0. The average Bonchev–Trinajstić information content (AvgIpc) is 3.11. The van der Waals surface area contributed by atoms with E-state index in [2.05, 4.69) is 36.5 Å². The minimum absolute atomic E-state index is 0.394. The van der Waals surface area contributed by atoms with Gasteiger partial charge in [-0.2, -0.15) is 0 Å². The van der Waals surface area contributed by atoms with Gasteiger partial charge in [-0.25, -0.2) is 0 Å². The summed E-state index contributed by atoms with van der Waals surface area (Å²) in [5.41, 5.74) is 3.63. The molecule has 17 heavy (non-hydrogen) atoms. The van der Waals surface area contributed by atoms with Crippen LogP contribution in [-0.2, 0) is 6.42 Å². The van der Waals surface area contributed by atoms with Crippen molar-refractivity contribution in [3.8, 4) is 0 Å². The van der Waals surface area contributed by atoms with Gasteiger partial charge in [0.1, 0.15) is 0 Å². The Hall–Kier alpha value is -0.820. The summed E-state index contributed by atoms with van der Waals surface area (Å²) in [5, 5.41) is 3.75. The van der Waals surface area contributed by atoms with Gasteiger partial charge in [-0.15, -0.1) is 0 Å². The van der Waals surface area contributed by atoms with Crippen LogP contribution in [0.1, 0.15) is 56.1 Å². The molecule has 2 aliphatic rings. The lowest BCUT2D eigenvalue weighted by molar-refractivity contribution is 0.359. The molecule has 0 bridgehead atoms. The molecule has 1 aliphatic heterocycles. The molecule has 0 aromatic heterocycles. The number of hydrogen-bond donors (Lipinski definition) is 1. The number of nitrogens with one attached hydrogen (secondary N) is 1. The van der Waals surface area contributed by atoms with Gasteiger partial charge in [-0.3, -0.25) is 0 Å². The van der Waals surface area contributed by atoms with Gasteiger partial charge < -0.3 is 5.32 Å². The third-order valence-corrected chi connectivity index (χ3v) is 4.61. The zero-order valence-electron chi connectivity index (χ0n) is 10.8. The van der Waals surface area contributed by atoms with Gasteiger partial charge >= 0.3 is 0 Å². The second-order valence-electron chi connectivity index (χ2n) is 5.81. The van der Waals surface area contributed by atoms with Gasteiger partial charge in [-0.05, 0) is 62.1 Å². The smallest absolute Gasteiger partial charge is 0.0219 e. The fourth-order valence-corrected chi connectivity index (χ4v) is 3.30. The van der Waals surface area contributed by atoms with E-state index >= 15 is 0 Å². The van der Waals surface area contributed by atoms with E-state index in [0.29, 0.717) is 5.54 Å². The third-order valence-electron chi connectivity index (χ3n) is 4.61. The second kappa shape index (κ2) is 4.45. The quantitative estimate of drug-likeness (QED) is 0.831. The van der Waals surface area contributed by atoms with E-state index in [0.717, 1.165) is 5.92 Å². The van der Waals surface area contributed by atoms with Crippen LogP contribution >= 0.6 is 0 Å². The van der Waals surface area contributed by atoms with Crippen LogP contribution < -0.4 is 5.32 Å². The van der Waals surface area contributed by atoms with E-state index in [-0.39, 0.29) is 0 Å². The van der Waals surface area contributed by atoms with Crippen molar-refractivity contribution < 1.29 is 0 Å². The maximum absolute atomic E-state index is 3.75.